The molecule has 0 aliphatic heterocycles. The summed E-state index contributed by atoms with van der Waals surface area (Å²) in [5.74, 6) is 2.35. The lowest BCUT2D eigenvalue weighted by Crippen LogP contribution is -2.26. The molecule has 0 radical (unpaired) electrons. The average Bonchev–Trinajstić information content (AvgIpc) is 2.46. The maximum absolute atomic E-state index is 6.26. The number of aromatic nitrogens is 1. The minimum absolute atomic E-state index is 0.471. The first-order chi connectivity index (χ1) is 10.1. The van der Waals surface area contributed by atoms with E-state index in [1.54, 1.807) is 6.07 Å². The van der Waals surface area contributed by atoms with Crippen LogP contribution in [0.5, 0.6) is 0 Å². The first-order valence-corrected chi connectivity index (χ1v) is 8.76. The van der Waals surface area contributed by atoms with Crippen LogP contribution in [0.1, 0.15) is 52.4 Å². The van der Waals surface area contributed by atoms with Crippen LogP contribution in [0.2, 0.25) is 10.0 Å². The van der Waals surface area contributed by atoms with Crippen molar-refractivity contribution in [3.8, 4) is 0 Å². The maximum Gasteiger partial charge on any atom is 0.147 e. The topological polar surface area (TPSA) is 37.0 Å². The summed E-state index contributed by atoms with van der Waals surface area (Å²) < 4.78 is 0. The van der Waals surface area contributed by atoms with E-state index >= 15 is 0 Å². The molecule has 1 fully saturated rings. The number of nitrogens with one attached hydrogen (secondary N) is 2. The third-order valence-corrected chi connectivity index (χ3v) is 4.73. The minimum atomic E-state index is 0.471. The molecule has 0 bridgehead atoms. The fourth-order valence-electron chi connectivity index (χ4n) is 3.06. The number of nitrogens with zero attached hydrogens (tertiary/aromatic N) is 1. The maximum atomic E-state index is 6.26. The predicted octanol–water partition coefficient (Wildman–Crippen LogP) is 5.59. The molecule has 1 aliphatic rings. The molecular formula is C16H25Cl2N3. The molecule has 0 unspecified atom stereocenters. The number of pyridine rings is 1. The second-order valence-electron chi connectivity index (χ2n) is 5.83. The molecule has 1 saturated carbocycles. The van der Waals surface area contributed by atoms with Crippen molar-refractivity contribution >= 4 is 34.8 Å². The Bertz CT molecular complexity index is 457. The molecule has 1 heterocycles. The van der Waals surface area contributed by atoms with Gasteiger partial charge in [-0.3, -0.25) is 0 Å². The quantitative estimate of drug-likeness (QED) is 0.714. The zero-order valence-corrected chi connectivity index (χ0v) is 14.4. The van der Waals surface area contributed by atoms with E-state index in [1.807, 2.05) is 6.92 Å². The van der Waals surface area contributed by atoms with Crippen LogP contribution in [-0.4, -0.2) is 17.6 Å². The summed E-state index contributed by atoms with van der Waals surface area (Å²) in [5.41, 5.74) is 0. The van der Waals surface area contributed by atoms with Gasteiger partial charge in [-0.2, -0.15) is 0 Å². The molecule has 1 aliphatic carbocycles. The fraction of sp³-hybridized carbons (Fsp3) is 0.688. The molecule has 118 valence electrons. The summed E-state index contributed by atoms with van der Waals surface area (Å²) in [6.07, 6.45) is 7.65. The molecule has 2 N–H and O–H groups in total. The molecule has 21 heavy (non-hydrogen) atoms. The Morgan fingerprint density at radius 3 is 2.38 bits per heavy atom. The number of anilines is 2. The standard InChI is InChI=1S/C16H25Cl2N3/c1-3-5-11-6-8-12(9-7-11)20-16-14(18)10-13(17)15(21-16)19-4-2/h10-12H,3-9H2,1-2H3,(H2,19,20,21). The Morgan fingerprint density at radius 1 is 1.10 bits per heavy atom. The van der Waals surface area contributed by atoms with Crippen LogP contribution in [0, 0.1) is 5.92 Å². The number of halogens is 2. The summed E-state index contributed by atoms with van der Waals surface area (Å²) >= 11 is 12.4. The van der Waals surface area contributed by atoms with Crippen LogP contribution in [0.4, 0.5) is 11.6 Å². The van der Waals surface area contributed by atoms with E-state index < -0.39 is 0 Å². The third-order valence-electron chi connectivity index (χ3n) is 4.16. The van der Waals surface area contributed by atoms with Gasteiger partial charge >= 0.3 is 0 Å². The largest absolute Gasteiger partial charge is 0.369 e. The van der Waals surface area contributed by atoms with Crippen molar-refractivity contribution in [2.75, 3.05) is 17.2 Å². The molecule has 5 heteroatoms. The molecule has 0 amide bonds. The van der Waals surface area contributed by atoms with Crippen LogP contribution in [-0.2, 0) is 0 Å². The van der Waals surface area contributed by atoms with E-state index in [-0.39, 0.29) is 0 Å². The van der Waals surface area contributed by atoms with Gasteiger partial charge in [0.2, 0.25) is 0 Å². The van der Waals surface area contributed by atoms with Crippen molar-refractivity contribution < 1.29 is 0 Å². The lowest BCUT2D eigenvalue weighted by atomic mass is 9.83. The summed E-state index contributed by atoms with van der Waals surface area (Å²) in [7, 11) is 0. The third kappa shape index (κ3) is 4.65. The van der Waals surface area contributed by atoms with Gasteiger partial charge in [0.25, 0.3) is 0 Å². The van der Waals surface area contributed by atoms with Crippen LogP contribution in [0.25, 0.3) is 0 Å². The summed E-state index contributed by atoms with van der Waals surface area (Å²) in [6, 6.07) is 2.23. The summed E-state index contributed by atoms with van der Waals surface area (Å²) in [5, 5.41) is 7.82. The van der Waals surface area contributed by atoms with E-state index in [9.17, 15) is 0 Å². The van der Waals surface area contributed by atoms with E-state index in [0.717, 1.165) is 18.3 Å². The van der Waals surface area contributed by atoms with Crippen molar-refractivity contribution in [1.82, 2.24) is 4.98 Å². The Kier molecular flexibility index (Phi) is 6.43. The van der Waals surface area contributed by atoms with Crippen molar-refractivity contribution in [1.29, 1.82) is 0 Å². The van der Waals surface area contributed by atoms with Crippen LogP contribution >= 0.6 is 23.2 Å². The average molecular weight is 330 g/mol. The van der Waals surface area contributed by atoms with Crippen LogP contribution < -0.4 is 10.6 Å². The highest BCUT2D eigenvalue weighted by atomic mass is 35.5. The first kappa shape index (κ1) is 16.7. The van der Waals surface area contributed by atoms with Gasteiger partial charge in [0.15, 0.2) is 0 Å². The molecule has 0 spiro atoms. The lowest BCUT2D eigenvalue weighted by Gasteiger charge is -2.29. The van der Waals surface area contributed by atoms with Crippen molar-refractivity contribution in [3.05, 3.63) is 16.1 Å². The van der Waals surface area contributed by atoms with Crippen molar-refractivity contribution in [2.24, 2.45) is 5.92 Å². The van der Waals surface area contributed by atoms with Crippen molar-refractivity contribution in [2.45, 2.75) is 58.4 Å². The van der Waals surface area contributed by atoms with E-state index in [1.165, 1.54) is 38.5 Å². The Labute approximate surface area is 137 Å². The second-order valence-corrected chi connectivity index (χ2v) is 6.64. The van der Waals surface area contributed by atoms with Gasteiger partial charge in [-0.15, -0.1) is 0 Å². The second kappa shape index (κ2) is 8.09. The van der Waals surface area contributed by atoms with E-state index in [4.69, 9.17) is 23.2 Å². The van der Waals surface area contributed by atoms with Gasteiger partial charge < -0.3 is 10.6 Å². The summed E-state index contributed by atoms with van der Waals surface area (Å²) in [4.78, 5) is 4.52. The zero-order valence-electron chi connectivity index (χ0n) is 12.9. The lowest BCUT2D eigenvalue weighted by molar-refractivity contribution is 0.318. The van der Waals surface area contributed by atoms with Gasteiger partial charge in [0.1, 0.15) is 11.6 Å². The SMILES string of the molecule is CCCC1CCC(Nc2nc(NCC)c(Cl)cc2Cl)CC1. The monoisotopic (exact) mass is 329 g/mol. The van der Waals surface area contributed by atoms with Gasteiger partial charge in [0.05, 0.1) is 10.0 Å². The van der Waals surface area contributed by atoms with Gasteiger partial charge in [-0.25, -0.2) is 4.98 Å². The number of rotatable bonds is 6. The number of hydrogen-bond donors (Lipinski definition) is 2. The van der Waals surface area contributed by atoms with Crippen LogP contribution in [0.15, 0.2) is 6.07 Å². The van der Waals surface area contributed by atoms with E-state index in [2.05, 4.69) is 22.5 Å². The Balaban J connectivity index is 1.98. The highest BCUT2D eigenvalue weighted by Crippen LogP contribution is 2.33. The molecule has 1 aromatic rings. The first-order valence-electron chi connectivity index (χ1n) is 8.00. The fourth-order valence-corrected chi connectivity index (χ4v) is 3.54. The Morgan fingerprint density at radius 2 is 1.76 bits per heavy atom. The highest BCUT2D eigenvalue weighted by molar-refractivity contribution is 6.37. The molecule has 0 atom stereocenters. The molecule has 3 nitrogen and oxygen atoms in total. The van der Waals surface area contributed by atoms with Gasteiger partial charge in [-0.05, 0) is 44.6 Å². The smallest absolute Gasteiger partial charge is 0.147 e. The number of hydrogen-bond acceptors (Lipinski definition) is 3. The normalized spacial score (nSPS) is 22.1. The predicted molar refractivity (Wildman–Crippen MR) is 92.7 cm³/mol. The molecule has 1 aromatic heterocycles. The molecular weight excluding hydrogens is 305 g/mol. The Hall–Kier alpha value is -0.670. The van der Waals surface area contributed by atoms with Crippen LogP contribution in [0.3, 0.4) is 0 Å². The van der Waals surface area contributed by atoms with Gasteiger partial charge in [0, 0.05) is 12.6 Å². The zero-order chi connectivity index (χ0) is 15.2. The van der Waals surface area contributed by atoms with Crippen molar-refractivity contribution in [3.63, 3.8) is 0 Å². The van der Waals surface area contributed by atoms with Gasteiger partial charge in [-0.1, -0.05) is 43.0 Å². The molecule has 0 saturated heterocycles. The summed E-state index contributed by atoms with van der Waals surface area (Å²) in [6.45, 7) is 5.08. The highest BCUT2D eigenvalue weighted by Gasteiger charge is 2.21. The molecule has 2 rings (SSSR count). The van der Waals surface area contributed by atoms with E-state index in [0.29, 0.717) is 21.9 Å². The molecule has 0 aromatic carbocycles. The minimum Gasteiger partial charge on any atom is -0.369 e.